The number of aryl methyl sites for hydroxylation is 1. The first-order valence-corrected chi connectivity index (χ1v) is 6.74. The van der Waals surface area contributed by atoms with Gasteiger partial charge >= 0.3 is 5.97 Å². The predicted molar refractivity (Wildman–Crippen MR) is 73.7 cm³/mol. The number of hydrogen-bond donors (Lipinski definition) is 0. The van der Waals surface area contributed by atoms with Crippen LogP contribution in [0.3, 0.4) is 0 Å². The number of halogens is 2. The van der Waals surface area contributed by atoms with Crippen LogP contribution in [0.4, 0.5) is 0 Å². The average Bonchev–Trinajstić information content (AvgIpc) is 2.87. The number of esters is 1. The predicted octanol–water partition coefficient (Wildman–Crippen LogP) is 2.75. The fraction of sp³-hybridized carbons (Fsp3) is 0.333. The van der Waals surface area contributed by atoms with E-state index in [0.29, 0.717) is 17.4 Å². The summed E-state index contributed by atoms with van der Waals surface area (Å²) in [6.45, 7) is 2.65. The van der Waals surface area contributed by atoms with Crippen molar-refractivity contribution in [2.24, 2.45) is 0 Å². The van der Waals surface area contributed by atoms with Crippen LogP contribution < -0.4 is 0 Å². The summed E-state index contributed by atoms with van der Waals surface area (Å²) in [7, 11) is 0. The third-order valence-electron chi connectivity index (χ3n) is 2.52. The SMILES string of the molecule is CCCn1nnnc1COC(=O)c1cc(Cl)ccc1Cl. The number of rotatable bonds is 5. The molecule has 20 heavy (non-hydrogen) atoms. The minimum Gasteiger partial charge on any atom is -0.454 e. The van der Waals surface area contributed by atoms with Crippen LogP contribution in [-0.4, -0.2) is 26.2 Å². The van der Waals surface area contributed by atoms with Gasteiger partial charge < -0.3 is 4.74 Å². The fourth-order valence-electron chi connectivity index (χ4n) is 1.57. The standard InChI is InChI=1S/C12H12Cl2N4O2/c1-2-5-18-11(15-16-17-18)7-20-12(19)9-6-8(13)3-4-10(9)14/h3-4,6H,2,5,7H2,1H3. The smallest absolute Gasteiger partial charge is 0.340 e. The van der Waals surface area contributed by atoms with E-state index in [9.17, 15) is 4.79 Å². The van der Waals surface area contributed by atoms with Crippen molar-refractivity contribution in [1.29, 1.82) is 0 Å². The number of carbonyl (C=O) groups excluding carboxylic acids is 1. The van der Waals surface area contributed by atoms with Crippen molar-refractivity contribution in [3.63, 3.8) is 0 Å². The second-order valence-corrected chi connectivity index (χ2v) is 4.86. The zero-order chi connectivity index (χ0) is 14.5. The molecule has 1 aromatic heterocycles. The van der Waals surface area contributed by atoms with Gasteiger partial charge in [0.2, 0.25) is 0 Å². The van der Waals surface area contributed by atoms with Crippen molar-refractivity contribution in [3.8, 4) is 0 Å². The average molecular weight is 315 g/mol. The Morgan fingerprint density at radius 2 is 2.20 bits per heavy atom. The highest BCUT2D eigenvalue weighted by molar-refractivity contribution is 6.35. The first kappa shape index (κ1) is 14.7. The van der Waals surface area contributed by atoms with E-state index in [1.165, 1.54) is 6.07 Å². The van der Waals surface area contributed by atoms with Gasteiger partial charge in [0.05, 0.1) is 10.6 Å². The molecule has 0 atom stereocenters. The number of ether oxygens (including phenoxy) is 1. The van der Waals surface area contributed by atoms with Crippen LogP contribution in [0.5, 0.6) is 0 Å². The second-order valence-electron chi connectivity index (χ2n) is 4.02. The maximum Gasteiger partial charge on any atom is 0.340 e. The van der Waals surface area contributed by atoms with Crippen LogP contribution in [0.15, 0.2) is 18.2 Å². The third kappa shape index (κ3) is 3.46. The number of hydrogen-bond acceptors (Lipinski definition) is 5. The third-order valence-corrected chi connectivity index (χ3v) is 3.09. The molecule has 8 heteroatoms. The minimum absolute atomic E-state index is 0.0192. The van der Waals surface area contributed by atoms with E-state index in [1.54, 1.807) is 16.8 Å². The minimum atomic E-state index is -0.566. The van der Waals surface area contributed by atoms with Crippen molar-refractivity contribution in [2.45, 2.75) is 26.5 Å². The first-order valence-electron chi connectivity index (χ1n) is 5.99. The van der Waals surface area contributed by atoms with Gasteiger partial charge in [0.15, 0.2) is 12.4 Å². The van der Waals surface area contributed by atoms with Crippen LogP contribution in [0.25, 0.3) is 0 Å². The molecule has 0 bridgehead atoms. The van der Waals surface area contributed by atoms with Gasteiger partial charge in [0.1, 0.15) is 0 Å². The Bertz CT molecular complexity index is 615. The Labute approximate surface area is 125 Å². The molecule has 0 N–H and O–H groups in total. The van der Waals surface area contributed by atoms with E-state index < -0.39 is 5.97 Å². The Balaban J connectivity index is 2.05. The number of tetrazole rings is 1. The summed E-state index contributed by atoms with van der Waals surface area (Å²) in [4.78, 5) is 11.9. The summed E-state index contributed by atoms with van der Waals surface area (Å²) in [5.74, 6) is -0.0816. The lowest BCUT2D eigenvalue weighted by Gasteiger charge is -2.06. The van der Waals surface area contributed by atoms with Gasteiger partial charge in [0, 0.05) is 11.6 Å². The van der Waals surface area contributed by atoms with E-state index in [0.717, 1.165) is 6.42 Å². The molecule has 0 aliphatic heterocycles. The lowest BCUT2D eigenvalue weighted by Crippen LogP contribution is -2.11. The van der Waals surface area contributed by atoms with Gasteiger partial charge in [-0.1, -0.05) is 30.1 Å². The number of benzene rings is 1. The van der Waals surface area contributed by atoms with Crippen LogP contribution in [0.2, 0.25) is 10.0 Å². The van der Waals surface area contributed by atoms with Gasteiger partial charge in [-0.05, 0) is 35.0 Å². The molecule has 0 saturated heterocycles. The summed E-state index contributed by atoms with van der Waals surface area (Å²) in [5.41, 5.74) is 0.216. The lowest BCUT2D eigenvalue weighted by atomic mass is 10.2. The Kier molecular flexibility index (Phi) is 4.92. The van der Waals surface area contributed by atoms with Crippen molar-refractivity contribution >= 4 is 29.2 Å². The molecule has 106 valence electrons. The van der Waals surface area contributed by atoms with Crippen molar-refractivity contribution in [2.75, 3.05) is 0 Å². The van der Waals surface area contributed by atoms with Crippen molar-refractivity contribution in [1.82, 2.24) is 20.2 Å². The maximum atomic E-state index is 11.9. The summed E-state index contributed by atoms with van der Waals surface area (Å²) >= 11 is 11.8. The van der Waals surface area contributed by atoms with Crippen molar-refractivity contribution < 1.29 is 9.53 Å². The Morgan fingerprint density at radius 1 is 1.40 bits per heavy atom. The van der Waals surface area contributed by atoms with E-state index in [-0.39, 0.29) is 17.2 Å². The summed E-state index contributed by atoms with van der Waals surface area (Å²) in [6.07, 6.45) is 0.881. The van der Waals surface area contributed by atoms with Gasteiger partial charge in [-0.3, -0.25) is 0 Å². The monoisotopic (exact) mass is 314 g/mol. The zero-order valence-electron chi connectivity index (χ0n) is 10.7. The molecule has 1 aromatic carbocycles. The summed E-state index contributed by atoms with van der Waals surface area (Å²) in [6, 6.07) is 4.60. The number of aromatic nitrogens is 4. The molecule has 0 radical (unpaired) electrons. The number of carbonyl (C=O) groups is 1. The van der Waals surface area contributed by atoms with Crippen LogP contribution in [-0.2, 0) is 17.9 Å². The van der Waals surface area contributed by atoms with E-state index >= 15 is 0 Å². The summed E-state index contributed by atoms with van der Waals surface area (Å²) < 4.78 is 6.74. The van der Waals surface area contributed by atoms with Crippen LogP contribution in [0.1, 0.15) is 29.5 Å². The molecule has 2 aromatic rings. The van der Waals surface area contributed by atoms with Crippen LogP contribution in [0, 0.1) is 0 Å². The van der Waals surface area contributed by atoms with Gasteiger partial charge in [-0.25, -0.2) is 9.48 Å². The lowest BCUT2D eigenvalue weighted by molar-refractivity contribution is 0.0456. The Morgan fingerprint density at radius 3 is 2.95 bits per heavy atom. The molecule has 0 aliphatic carbocycles. The summed E-state index contributed by atoms with van der Waals surface area (Å²) in [5, 5.41) is 11.9. The molecule has 0 saturated carbocycles. The molecule has 6 nitrogen and oxygen atoms in total. The second kappa shape index (κ2) is 6.67. The zero-order valence-corrected chi connectivity index (χ0v) is 12.2. The molecule has 0 unspecified atom stereocenters. The van der Waals surface area contributed by atoms with Gasteiger partial charge in [0.25, 0.3) is 0 Å². The molecular formula is C12H12Cl2N4O2. The van der Waals surface area contributed by atoms with E-state index in [4.69, 9.17) is 27.9 Å². The first-order chi connectivity index (χ1) is 9.61. The molecule has 2 rings (SSSR count). The molecule has 0 spiro atoms. The number of nitrogens with zero attached hydrogens (tertiary/aromatic N) is 4. The highest BCUT2D eigenvalue weighted by atomic mass is 35.5. The highest BCUT2D eigenvalue weighted by Gasteiger charge is 2.14. The van der Waals surface area contributed by atoms with Gasteiger partial charge in [-0.2, -0.15) is 0 Å². The molecule has 0 amide bonds. The molecule has 0 fully saturated rings. The fourth-order valence-corrected chi connectivity index (χ4v) is 1.94. The quantitative estimate of drug-likeness (QED) is 0.794. The molecule has 0 aliphatic rings. The van der Waals surface area contributed by atoms with E-state index in [2.05, 4.69) is 15.5 Å². The maximum absolute atomic E-state index is 11.9. The van der Waals surface area contributed by atoms with E-state index in [1.807, 2.05) is 6.92 Å². The molecule has 1 heterocycles. The highest BCUT2D eigenvalue weighted by Crippen LogP contribution is 2.21. The molecular weight excluding hydrogens is 303 g/mol. The normalized spacial score (nSPS) is 10.6. The topological polar surface area (TPSA) is 69.9 Å². The van der Waals surface area contributed by atoms with Gasteiger partial charge in [-0.15, -0.1) is 5.10 Å². The van der Waals surface area contributed by atoms with Crippen molar-refractivity contribution in [3.05, 3.63) is 39.6 Å². The van der Waals surface area contributed by atoms with Crippen LogP contribution >= 0.6 is 23.2 Å². The Hall–Kier alpha value is -1.66. The largest absolute Gasteiger partial charge is 0.454 e.